The predicted molar refractivity (Wildman–Crippen MR) is 81.8 cm³/mol. The highest BCUT2D eigenvalue weighted by atomic mass is 32.2. The van der Waals surface area contributed by atoms with Crippen LogP contribution in [0, 0.1) is 0 Å². The van der Waals surface area contributed by atoms with Crippen LogP contribution in [-0.4, -0.2) is 50.0 Å². The third-order valence-electron chi connectivity index (χ3n) is 3.39. The third kappa shape index (κ3) is 4.80. The van der Waals surface area contributed by atoms with Gasteiger partial charge in [0.05, 0.1) is 12.7 Å². The van der Waals surface area contributed by atoms with Crippen LogP contribution in [0.3, 0.4) is 0 Å². The monoisotopic (exact) mass is 280 g/mol. The maximum absolute atomic E-state index is 5.83. The Morgan fingerprint density at radius 3 is 3.16 bits per heavy atom. The molecule has 1 aliphatic heterocycles. The summed E-state index contributed by atoms with van der Waals surface area (Å²) in [4.78, 5) is 3.80. The third-order valence-corrected chi connectivity index (χ3v) is 4.51. The van der Waals surface area contributed by atoms with E-state index < -0.39 is 0 Å². The fraction of sp³-hybridized carbons (Fsp3) is 0.600. The Kier molecular flexibility index (Phi) is 6.17. The van der Waals surface area contributed by atoms with Gasteiger partial charge in [0, 0.05) is 30.3 Å². The van der Waals surface area contributed by atoms with E-state index in [2.05, 4.69) is 41.4 Å². The maximum Gasteiger partial charge on any atom is 0.0796 e. The second-order valence-electron chi connectivity index (χ2n) is 4.87. The summed E-state index contributed by atoms with van der Waals surface area (Å²) in [5.41, 5.74) is 1.34. The van der Waals surface area contributed by atoms with Gasteiger partial charge in [-0.05, 0) is 31.3 Å². The molecule has 0 bridgehead atoms. The fourth-order valence-corrected chi connectivity index (χ4v) is 3.30. The number of likely N-dealkylation sites (N-methyl/N-ethyl adjacent to an activating group) is 1. The summed E-state index contributed by atoms with van der Waals surface area (Å²) in [6, 6.07) is 8.75. The zero-order valence-electron chi connectivity index (χ0n) is 11.9. The molecule has 19 heavy (non-hydrogen) atoms. The van der Waals surface area contributed by atoms with Gasteiger partial charge in [0.2, 0.25) is 0 Å². The number of rotatable bonds is 6. The first kappa shape index (κ1) is 14.9. The summed E-state index contributed by atoms with van der Waals surface area (Å²) in [5.74, 6) is 1.04. The molecule has 1 aromatic rings. The molecular weight excluding hydrogens is 256 g/mol. The highest BCUT2D eigenvalue weighted by Crippen LogP contribution is 2.22. The Labute approximate surface area is 120 Å². The molecule has 106 valence electrons. The van der Waals surface area contributed by atoms with Crippen LogP contribution in [-0.2, 0) is 11.3 Å². The number of nitrogens with zero attached hydrogens (tertiary/aromatic N) is 1. The molecule has 0 amide bonds. The molecule has 1 atom stereocenters. The fourth-order valence-electron chi connectivity index (χ4n) is 2.31. The van der Waals surface area contributed by atoms with E-state index in [4.69, 9.17) is 4.74 Å². The van der Waals surface area contributed by atoms with Crippen LogP contribution in [0.15, 0.2) is 29.2 Å². The highest BCUT2D eigenvalue weighted by molar-refractivity contribution is 7.99. The van der Waals surface area contributed by atoms with Gasteiger partial charge in [-0.25, -0.2) is 0 Å². The minimum Gasteiger partial charge on any atom is -0.375 e. The topological polar surface area (TPSA) is 24.5 Å². The second kappa shape index (κ2) is 7.90. The Hall–Kier alpha value is -0.550. The molecule has 1 aromatic carbocycles. The molecular formula is C15H24N2OS. The predicted octanol–water partition coefficient (Wildman–Crippen LogP) is 2.22. The van der Waals surface area contributed by atoms with Crippen LogP contribution in [0.1, 0.15) is 12.5 Å². The number of benzene rings is 1. The number of ether oxygens (including phenoxy) is 1. The first-order valence-electron chi connectivity index (χ1n) is 7.02. The van der Waals surface area contributed by atoms with Gasteiger partial charge in [0.1, 0.15) is 0 Å². The van der Waals surface area contributed by atoms with E-state index in [0.29, 0.717) is 6.10 Å². The van der Waals surface area contributed by atoms with E-state index in [-0.39, 0.29) is 0 Å². The van der Waals surface area contributed by atoms with E-state index in [1.165, 1.54) is 10.5 Å². The molecule has 0 saturated carbocycles. The first-order chi connectivity index (χ1) is 9.31. The van der Waals surface area contributed by atoms with Crippen molar-refractivity contribution in [2.24, 2.45) is 0 Å². The first-order valence-corrected chi connectivity index (χ1v) is 8.00. The SMILES string of the molecule is CCN1CCOC(CSc2cccc(CNC)c2)C1. The van der Waals surface area contributed by atoms with Gasteiger partial charge in [-0.3, -0.25) is 4.90 Å². The molecule has 4 heteroatoms. The van der Waals surface area contributed by atoms with Crippen molar-refractivity contribution >= 4 is 11.8 Å². The summed E-state index contributed by atoms with van der Waals surface area (Å²) in [5, 5.41) is 3.19. The summed E-state index contributed by atoms with van der Waals surface area (Å²) in [6.45, 7) is 7.30. The van der Waals surface area contributed by atoms with Gasteiger partial charge in [0.15, 0.2) is 0 Å². The number of thioether (sulfide) groups is 1. The number of nitrogens with one attached hydrogen (secondary N) is 1. The average Bonchev–Trinajstić information content (AvgIpc) is 2.46. The lowest BCUT2D eigenvalue weighted by atomic mass is 10.2. The van der Waals surface area contributed by atoms with Gasteiger partial charge in [-0.2, -0.15) is 0 Å². The van der Waals surface area contributed by atoms with Crippen molar-refractivity contribution in [3.05, 3.63) is 29.8 Å². The molecule has 1 aliphatic rings. The summed E-state index contributed by atoms with van der Waals surface area (Å²) in [7, 11) is 1.98. The molecule has 1 N–H and O–H groups in total. The van der Waals surface area contributed by atoms with Crippen LogP contribution in [0.4, 0.5) is 0 Å². The van der Waals surface area contributed by atoms with E-state index >= 15 is 0 Å². The van der Waals surface area contributed by atoms with Crippen molar-refractivity contribution in [2.75, 3.05) is 39.0 Å². The molecule has 0 aliphatic carbocycles. The minimum atomic E-state index is 0.367. The van der Waals surface area contributed by atoms with Crippen LogP contribution in [0.5, 0.6) is 0 Å². The molecule has 1 unspecified atom stereocenters. The van der Waals surface area contributed by atoms with Crippen LogP contribution in [0.25, 0.3) is 0 Å². The zero-order valence-corrected chi connectivity index (χ0v) is 12.7. The van der Waals surface area contributed by atoms with Crippen molar-refractivity contribution in [3.8, 4) is 0 Å². The maximum atomic E-state index is 5.83. The van der Waals surface area contributed by atoms with Crippen molar-refractivity contribution in [3.63, 3.8) is 0 Å². The molecule has 0 radical (unpaired) electrons. The Morgan fingerprint density at radius 1 is 1.47 bits per heavy atom. The van der Waals surface area contributed by atoms with E-state index in [0.717, 1.165) is 38.5 Å². The lowest BCUT2D eigenvalue weighted by Crippen LogP contribution is -2.43. The molecule has 0 aromatic heterocycles. The Bertz CT molecular complexity index is 386. The molecule has 1 saturated heterocycles. The number of hydrogen-bond acceptors (Lipinski definition) is 4. The normalized spacial score (nSPS) is 20.6. The lowest BCUT2D eigenvalue weighted by molar-refractivity contribution is -0.0137. The minimum absolute atomic E-state index is 0.367. The van der Waals surface area contributed by atoms with Crippen molar-refractivity contribution in [1.29, 1.82) is 0 Å². The number of hydrogen-bond donors (Lipinski definition) is 1. The van der Waals surface area contributed by atoms with Crippen LogP contribution < -0.4 is 5.32 Å². The summed E-state index contributed by atoms with van der Waals surface area (Å²) >= 11 is 1.90. The smallest absolute Gasteiger partial charge is 0.0796 e. The Morgan fingerprint density at radius 2 is 2.37 bits per heavy atom. The number of morpholine rings is 1. The molecule has 2 rings (SSSR count). The highest BCUT2D eigenvalue weighted by Gasteiger charge is 2.19. The quantitative estimate of drug-likeness (QED) is 0.808. The average molecular weight is 280 g/mol. The van der Waals surface area contributed by atoms with Crippen molar-refractivity contribution in [2.45, 2.75) is 24.5 Å². The van der Waals surface area contributed by atoms with Gasteiger partial charge >= 0.3 is 0 Å². The lowest BCUT2D eigenvalue weighted by Gasteiger charge is -2.31. The van der Waals surface area contributed by atoms with Crippen LogP contribution >= 0.6 is 11.8 Å². The summed E-state index contributed by atoms with van der Waals surface area (Å²) in [6.07, 6.45) is 0.367. The zero-order chi connectivity index (χ0) is 13.5. The standard InChI is InChI=1S/C15H24N2OS/c1-3-17-7-8-18-14(11-17)12-19-15-6-4-5-13(9-15)10-16-2/h4-6,9,14,16H,3,7-8,10-12H2,1-2H3. The van der Waals surface area contributed by atoms with Gasteiger partial charge in [0.25, 0.3) is 0 Å². The van der Waals surface area contributed by atoms with Gasteiger partial charge < -0.3 is 10.1 Å². The van der Waals surface area contributed by atoms with Gasteiger partial charge in [-0.15, -0.1) is 11.8 Å². The van der Waals surface area contributed by atoms with Gasteiger partial charge in [-0.1, -0.05) is 19.1 Å². The molecule has 3 nitrogen and oxygen atoms in total. The summed E-state index contributed by atoms with van der Waals surface area (Å²) < 4.78 is 5.83. The molecule has 0 spiro atoms. The van der Waals surface area contributed by atoms with E-state index in [1.807, 2.05) is 18.8 Å². The van der Waals surface area contributed by atoms with Crippen molar-refractivity contribution in [1.82, 2.24) is 10.2 Å². The molecule has 1 fully saturated rings. The van der Waals surface area contributed by atoms with E-state index in [1.54, 1.807) is 0 Å². The molecule has 1 heterocycles. The van der Waals surface area contributed by atoms with Crippen LogP contribution in [0.2, 0.25) is 0 Å². The second-order valence-corrected chi connectivity index (χ2v) is 5.97. The Balaban J connectivity index is 1.82. The van der Waals surface area contributed by atoms with Crippen molar-refractivity contribution < 1.29 is 4.74 Å². The van der Waals surface area contributed by atoms with E-state index in [9.17, 15) is 0 Å². The largest absolute Gasteiger partial charge is 0.375 e.